The summed E-state index contributed by atoms with van der Waals surface area (Å²) in [5, 5.41) is 3.73. The highest BCUT2D eigenvalue weighted by Gasteiger charge is 2.15. The van der Waals surface area contributed by atoms with Gasteiger partial charge in [0.15, 0.2) is 0 Å². The average Bonchev–Trinajstić information content (AvgIpc) is 2.45. The zero-order chi connectivity index (χ0) is 12.6. The Morgan fingerprint density at radius 2 is 1.94 bits per heavy atom. The van der Waals surface area contributed by atoms with Crippen LogP contribution in [0.4, 0.5) is 0 Å². The number of hydrogen-bond donors (Lipinski definition) is 1. The molecule has 1 unspecified atom stereocenters. The summed E-state index contributed by atoms with van der Waals surface area (Å²) in [5.74, 6) is 0.809. The predicted octanol–water partition coefficient (Wildman–Crippen LogP) is 3.02. The molecule has 1 N–H and O–H groups in total. The highest BCUT2D eigenvalue weighted by molar-refractivity contribution is 5.15. The molecule has 0 aliphatic carbocycles. The van der Waals surface area contributed by atoms with Gasteiger partial charge in [-0.3, -0.25) is 0 Å². The minimum atomic E-state index is 0.607. The van der Waals surface area contributed by atoms with Crippen LogP contribution >= 0.6 is 0 Å². The molecule has 18 heavy (non-hydrogen) atoms. The van der Waals surface area contributed by atoms with Crippen LogP contribution in [-0.2, 0) is 11.2 Å². The first kappa shape index (κ1) is 13.6. The van der Waals surface area contributed by atoms with Gasteiger partial charge in [0.05, 0.1) is 0 Å². The minimum absolute atomic E-state index is 0.607. The Morgan fingerprint density at radius 1 is 1.22 bits per heavy atom. The average molecular weight is 247 g/mol. The zero-order valence-corrected chi connectivity index (χ0v) is 11.4. The number of hydrogen-bond acceptors (Lipinski definition) is 2. The van der Waals surface area contributed by atoms with Gasteiger partial charge in [-0.2, -0.15) is 0 Å². The molecular weight excluding hydrogens is 222 g/mol. The molecule has 1 aromatic rings. The summed E-state index contributed by atoms with van der Waals surface area (Å²) < 4.78 is 5.40. The molecule has 0 radical (unpaired) electrons. The Morgan fingerprint density at radius 3 is 2.61 bits per heavy atom. The minimum Gasteiger partial charge on any atom is -0.381 e. The van der Waals surface area contributed by atoms with Crippen molar-refractivity contribution < 1.29 is 4.74 Å². The van der Waals surface area contributed by atoms with Gasteiger partial charge in [0.2, 0.25) is 0 Å². The standard InChI is InChI=1S/C16H25NO/c1-2-16(12-14-6-4-3-5-7-14)17-13-15-8-10-18-11-9-15/h3-7,15-17H,2,8-13H2,1H3. The highest BCUT2D eigenvalue weighted by Crippen LogP contribution is 2.14. The molecule has 0 aromatic heterocycles. The molecule has 1 saturated heterocycles. The van der Waals surface area contributed by atoms with Crippen molar-refractivity contribution in [3.63, 3.8) is 0 Å². The second kappa shape index (κ2) is 7.55. The van der Waals surface area contributed by atoms with Crippen molar-refractivity contribution >= 4 is 0 Å². The first-order chi connectivity index (χ1) is 8.88. The summed E-state index contributed by atoms with van der Waals surface area (Å²) >= 11 is 0. The summed E-state index contributed by atoms with van der Waals surface area (Å²) in [7, 11) is 0. The summed E-state index contributed by atoms with van der Waals surface area (Å²) in [4.78, 5) is 0. The second-order valence-electron chi connectivity index (χ2n) is 5.26. The maximum Gasteiger partial charge on any atom is 0.0469 e. The van der Waals surface area contributed by atoms with E-state index in [0.29, 0.717) is 6.04 Å². The maximum atomic E-state index is 5.40. The van der Waals surface area contributed by atoms with Gasteiger partial charge in [0.1, 0.15) is 0 Å². The van der Waals surface area contributed by atoms with E-state index in [0.717, 1.165) is 32.1 Å². The van der Waals surface area contributed by atoms with Gasteiger partial charge in [-0.25, -0.2) is 0 Å². The van der Waals surface area contributed by atoms with E-state index in [1.165, 1.54) is 24.8 Å². The van der Waals surface area contributed by atoms with Crippen LogP contribution in [0.15, 0.2) is 30.3 Å². The Kier molecular flexibility index (Phi) is 5.69. The first-order valence-electron chi connectivity index (χ1n) is 7.23. The number of nitrogens with one attached hydrogen (secondary N) is 1. The van der Waals surface area contributed by atoms with Gasteiger partial charge in [-0.1, -0.05) is 37.3 Å². The molecule has 1 heterocycles. The topological polar surface area (TPSA) is 21.3 Å². The molecule has 2 nitrogen and oxygen atoms in total. The molecule has 2 rings (SSSR count). The van der Waals surface area contributed by atoms with Gasteiger partial charge in [-0.05, 0) is 43.7 Å². The third kappa shape index (κ3) is 4.43. The molecule has 100 valence electrons. The van der Waals surface area contributed by atoms with E-state index in [1.807, 2.05) is 0 Å². The molecule has 0 spiro atoms. The van der Waals surface area contributed by atoms with Gasteiger partial charge < -0.3 is 10.1 Å². The quantitative estimate of drug-likeness (QED) is 0.834. The fourth-order valence-corrected chi connectivity index (χ4v) is 2.54. The summed E-state index contributed by atoms with van der Waals surface area (Å²) in [6, 6.07) is 11.4. The number of ether oxygens (including phenoxy) is 1. The second-order valence-corrected chi connectivity index (χ2v) is 5.26. The Labute approximate surface area is 111 Å². The van der Waals surface area contributed by atoms with E-state index in [4.69, 9.17) is 4.74 Å². The first-order valence-corrected chi connectivity index (χ1v) is 7.23. The largest absolute Gasteiger partial charge is 0.381 e. The van der Waals surface area contributed by atoms with Gasteiger partial charge in [0, 0.05) is 19.3 Å². The van der Waals surface area contributed by atoms with Crippen molar-refractivity contribution in [3.8, 4) is 0 Å². The van der Waals surface area contributed by atoms with Gasteiger partial charge >= 0.3 is 0 Å². The monoisotopic (exact) mass is 247 g/mol. The van der Waals surface area contributed by atoms with Crippen LogP contribution in [0, 0.1) is 5.92 Å². The summed E-state index contributed by atoms with van der Waals surface area (Å²) in [5.41, 5.74) is 1.43. The maximum absolute atomic E-state index is 5.40. The fraction of sp³-hybridized carbons (Fsp3) is 0.625. The normalized spacial score (nSPS) is 18.7. The van der Waals surface area contributed by atoms with Crippen molar-refractivity contribution in [2.75, 3.05) is 19.8 Å². The lowest BCUT2D eigenvalue weighted by Crippen LogP contribution is -2.36. The lowest BCUT2D eigenvalue weighted by Gasteiger charge is -2.25. The van der Waals surface area contributed by atoms with Crippen LogP contribution in [0.1, 0.15) is 31.7 Å². The molecular formula is C16H25NO. The zero-order valence-electron chi connectivity index (χ0n) is 11.4. The molecule has 1 aromatic carbocycles. The highest BCUT2D eigenvalue weighted by atomic mass is 16.5. The van der Waals surface area contributed by atoms with Crippen LogP contribution < -0.4 is 5.32 Å². The van der Waals surface area contributed by atoms with Crippen molar-refractivity contribution in [2.24, 2.45) is 5.92 Å². The molecule has 0 saturated carbocycles. The molecule has 1 atom stereocenters. The number of rotatable bonds is 6. The van der Waals surface area contributed by atoms with E-state index >= 15 is 0 Å². The van der Waals surface area contributed by atoms with E-state index in [2.05, 4.69) is 42.6 Å². The van der Waals surface area contributed by atoms with E-state index in [-0.39, 0.29) is 0 Å². The van der Waals surface area contributed by atoms with Crippen LogP contribution in [0.3, 0.4) is 0 Å². The van der Waals surface area contributed by atoms with Crippen LogP contribution in [0.5, 0.6) is 0 Å². The van der Waals surface area contributed by atoms with Crippen LogP contribution in [0.25, 0.3) is 0 Å². The van der Waals surface area contributed by atoms with Crippen LogP contribution in [-0.4, -0.2) is 25.8 Å². The fourth-order valence-electron chi connectivity index (χ4n) is 2.54. The van der Waals surface area contributed by atoms with Crippen LogP contribution in [0.2, 0.25) is 0 Å². The van der Waals surface area contributed by atoms with Gasteiger partial charge in [-0.15, -0.1) is 0 Å². The Hall–Kier alpha value is -0.860. The third-order valence-electron chi connectivity index (χ3n) is 3.85. The summed E-state index contributed by atoms with van der Waals surface area (Å²) in [6.45, 7) is 5.31. The lowest BCUT2D eigenvalue weighted by molar-refractivity contribution is 0.0654. The molecule has 2 heteroatoms. The van der Waals surface area contributed by atoms with E-state index in [1.54, 1.807) is 0 Å². The van der Waals surface area contributed by atoms with E-state index in [9.17, 15) is 0 Å². The number of benzene rings is 1. The third-order valence-corrected chi connectivity index (χ3v) is 3.85. The van der Waals surface area contributed by atoms with Crippen molar-refractivity contribution in [1.29, 1.82) is 0 Å². The molecule has 1 aliphatic rings. The van der Waals surface area contributed by atoms with Crippen molar-refractivity contribution in [2.45, 2.75) is 38.6 Å². The molecule has 1 aliphatic heterocycles. The smallest absolute Gasteiger partial charge is 0.0469 e. The molecule has 0 bridgehead atoms. The molecule has 1 fully saturated rings. The Bertz CT molecular complexity index is 319. The van der Waals surface area contributed by atoms with Crippen molar-refractivity contribution in [1.82, 2.24) is 5.32 Å². The lowest BCUT2D eigenvalue weighted by atomic mass is 9.98. The molecule has 0 amide bonds. The van der Waals surface area contributed by atoms with E-state index < -0.39 is 0 Å². The predicted molar refractivity (Wildman–Crippen MR) is 75.8 cm³/mol. The SMILES string of the molecule is CCC(Cc1ccccc1)NCC1CCOCC1. The van der Waals surface area contributed by atoms with Gasteiger partial charge in [0.25, 0.3) is 0 Å². The summed E-state index contributed by atoms with van der Waals surface area (Å²) in [6.07, 6.45) is 4.77. The Balaban J connectivity index is 1.75. The van der Waals surface area contributed by atoms with Crippen molar-refractivity contribution in [3.05, 3.63) is 35.9 Å².